The number of ether oxygens (including phenoxy) is 1. The highest BCUT2D eigenvalue weighted by atomic mass is 19.1. The molecule has 5 rings (SSSR count). The van der Waals surface area contributed by atoms with Crippen LogP contribution in [0.1, 0.15) is 30.6 Å². The summed E-state index contributed by atoms with van der Waals surface area (Å²) in [7, 11) is 0. The largest absolute Gasteiger partial charge is 0.469 e. The lowest BCUT2D eigenvalue weighted by atomic mass is 10.1. The number of nitrogens with two attached hydrogens (primary N) is 1. The number of amides is 1. The number of aryl methyl sites for hydroxylation is 1. The number of anilines is 1. The van der Waals surface area contributed by atoms with Gasteiger partial charge in [0.15, 0.2) is 5.65 Å². The van der Waals surface area contributed by atoms with Crippen molar-refractivity contribution < 1.29 is 13.9 Å². The number of fused-ring (bicyclic) bond motifs is 1. The number of benzene rings is 1. The Labute approximate surface area is 189 Å². The molecule has 1 aliphatic rings. The maximum Gasteiger partial charge on any atom is 0.232 e. The van der Waals surface area contributed by atoms with Crippen molar-refractivity contribution in [2.24, 2.45) is 5.73 Å². The first kappa shape index (κ1) is 21.0. The summed E-state index contributed by atoms with van der Waals surface area (Å²) in [6.07, 6.45) is 4.40. The molecule has 9 heteroatoms. The molecule has 3 aromatic heterocycles. The highest BCUT2D eigenvalue weighted by Gasteiger charge is 2.29. The fraction of sp³-hybridized carbons (Fsp3) is 0.250. The number of hydrogen-bond acceptors (Lipinski definition) is 6. The van der Waals surface area contributed by atoms with E-state index in [1.807, 2.05) is 38.1 Å². The molecule has 1 fully saturated rings. The molecule has 2 N–H and O–H groups in total. The number of pyridine rings is 1. The van der Waals surface area contributed by atoms with Crippen molar-refractivity contribution in [3.8, 4) is 17.1 Å². The number of imidazole rings is 1. The predicted molar refractivity (Wildman–Crippen MR) is 121 cm³/mol. The fourth-order valence-electron chi connectivity index (χ4n) is 4.10. The Morgan fingerprint density at radius 1 is 1.18 bits per heavy atom. The third-order valence-corrected chi connectivity index (χ3v) is 5.77. The van der Waals surface area contributed by atoms with Crippen LogP contribution in [-0.2, 0) is 4.79 Å². The molecule has 0 saturated carbocycles. The van der Waals surface area contributed by atoms with Crippen LogP contribution in [0.25, 0.3) is 16.9 Å². The van der Waals surface area contributed by atoms with E-state index in [2.05, 4.69) is 15.1 Å². The summed E-state index contributed by atoms with van der Waals surface area (Å²) in [6, 6.07) is 10.7. The van der Waals surface area contributed by atoms with E-state index >= 15 is 0 Å². The summed E-state index contributed by atoms with van der Waals surface area (Å²) < 4.78 is 21.1. The van der Waals surface area contributed by atoms with E-state index < -0.39 is 11.9 Å². The van der Waals surface area contributed by atoms with Crippen LogP contribution < -0.4 is 15.4 Å². The Morgan fingerprint density at radius 2 is 2.03 bits per heavy atom. The van der Waals surface area contributed by atoms with Gasteiger partial charge >= 0.3 is 0 Å². The second-order valence-corrected chi connectivity index (χ2v) is 8.25. The molecule has 4 heterocycles. The van der Waals surface area contributed by atoms with Gasteiger partial charge in [-0.1, -0.05) is 6.07 Å². The first-order valence-electron chi connectivity index (χ1n) is 10.7. The van der Waals surface area contributed by atoms with Crippen molar-refractivity contribution in [3.05, 3.63) is 71.9 Å². The first-order valence-corrected chi connectivity index (χ1v) is 10.7. The smallest absolute Gasteiger partial charge is 0.232 e. The van der Waals surface area contributed by atoms with Gasteiger partial charge < -0.3 is 15.4 Å². The Morgan fingerprint density at radius 3 is 2.76 bits per heavy atom. The van der Waals surface area contributed by atoms with Crippen LogP contribution in [0.15, 0.2) is 55.0 Å². The monoisotopic (exact) mass is 446 g/mol. The molecule has 1 aromatic carbocycles. The topological polar surface area (TPSA) is 98.6 Å². The third-order valence-electron chi connectivity index (χ3n) is 5.77. The molecular weight excluding hydrogens is 423 g/mol. The van der Waals surface area contributed by atoms with Crippen molar-refractivity contribution in [1.29, 1.82) is 0 Å². The summed E-state index contributed by atoms with van der Waals surface area (Å²) >= 11 is 0. The lowest BCUT2D eigenvalue weighted by molar-refractivity contribution is -0.117. The molecule has 1 saturated heterocycles. The number of rotatable bonds is 5. The molecule has 0 bridgehead atoms. The minimum atomic E-state index is -0.434. The van der Waals surface area contributed by atoms with Crippen molar-refractivity contribution in [3.63, 3.8) is 0 Å². The van der Waals surface area contributed by atoms with E-state index in [4.69, 9.17) is 10.5 Å². The van der Waals surface area contributed by atoms with Crippen LogP contribution in [0.2, 0.25) is 0 Å². The van der Waals surface area contributed by atoms with Gasteiger partial charge in [0.2, 0.25) is 11.8 Å². The van der Waals surface area contributed by atoms with Crippen LogP contribution in [-0.4, -0.2) is 38.1 Å². The molecule has 33 heavy (non-hydrogen) atoms. The van der Waals surface area contributed by atoms with Crippen LogP contribution in [0.5, 0.6) is 5.88 Å². The SMILES string of the molecule is Cc1cc(-c2cnc3ccc(OC(C)c4cncc(F)c4)nn23)ccc1N1C[C@@H](N)CC1=O. The van der Waals surface area contributed by atoms with E-state index in [9.17, 15) is 9.18 Å². The second kappa shape index (κ2) is 8.25. The Kier molecular flexibility index (Phi) is 5.26. The average Bonchev–Trinajstić information content (AvgIpc) is 3.35. The number of carbonyl (C=O) groups excluding carboxylic acids is 1. The van der Waals surface area contributed by atoms with Crippen LogP contribution in [0, 0.1) is 12.7 Å². The molecule has 1 aliphatic heterocycles. The van der Waals surface area contributed by atoms with E-state index in [1.54, 1.807) is 27.9 Å². The van der Waals surface area contributed by atoms with E-state index in [-0.39, 0.29) is 11.9 Å². The number of carbonyl (C=O) groups is 1. The molecule has 4 aromatic rings. The molecule has 1 unspecified atom stereocenters. The quantitative estimate of drug-likeness (QED) is 0.504. The molecule has 0 aliphatic carbocycles. The maximum atomic E-state index is 13.5. The summed E-state index contributed by atoms with van der Waals surface area (Å²) in [5.41, 5.74) is 10.8. The van der Waals surface area contributed by atoms with Gasteiger partial charge in [0, 0.05) is 48.1 Å². The summed E-state index contributed by atoms with van der Waals surface area (Å²) in [5, 5.41) is 4.59. The minimum Gasteiger partial charge on any atom is -0.469 e. The van der Waals surface area contributed by atoms with Crippen LogP contribution >= 0.6 is 0 Å². The highest BCUT2D eigenvalue weighted by Crippen LogP contribution is 2.30. The van der Waals surface area contributed by atoms with Gasteiger partial charge in [0.05, 0.1) is 18.1 Å². The van der Waals surface area contributed by atoms with Gasteiger partial charge in [0.25, 0.3) is 0 Å². The van der Waals surface area contributed by atoms with Crippen molar-refractivity contribution >= 4 is 17.2 Å². The van der Waals surface area contributed by atoms with Crippen LogP contribution in [0.3, 0.4) is 0 Å². The lowest BCUT2D eigenvalue weighted by Crippen LogP contribution is -2.28. The summed E-state index contributed by atoms with van der Waals surface area (Å²) in [5.74, 6) is 0.00224. The standard InChI is InChI=1S/C24H23FN6O2/c1-14-7-16(3-4-20(14)30-13-19(26)9-24(30)32)21-12-28-22-5-6-23(29-31(21)22)33-15(2)17-8-18(25)11-27-10-17/h3-8,10-12,15,19H,9,13,26H2,1-2H3/t15?,19-/m0/s1. The van der Waals surface area contributed by atoms with Gasteiger partial charge in [-0.15, -0.1) is 5.10 Å². The first-order chi connectivity index (χ1) is 15.9. The normalized spacial score (nSPS) is 17.0. The van der Waals surface area contributed by atoms with E-state index in [0.29, 0.717) is 30.1 Å². The summed E-state index contributed by atoms with van der Waals surface area (Å²) in [6.45, 7) is 4.30. The van der Waals surface area contributed by atoms with Crippen molar-refractivity contribution in [1.82, 2.24) is 19.6 Å². The van der Waals surface area contributed by atoms with Crippen molar-refractivity contribution in [2.45, 2.75) is 32.4 Å². The lowest BCUT2D eigenvalue weighted by Gasteiger charge is -2.19. The average molecular weight is 446 g/mol. The number of nitrogens with zero attached hydrogens (tertiary/aromatic N) is 5. The van der Waals surface area contributed by atoms with Gasteiger partial charge in [0.1, 0.15) is 11.9 Å². The zero-order chi connectivity index (χ0) is 23.1. The summed E-state index contributed by atoms with van der Waals surface area (Å²) in [4.78, 5) is 22.3. The van der Waals surface area contributed by atoms with Gasteiger partial charge in [-0.2, -0.15) is 0 Å². The minimum absolute atomic E-state index is 0.0410. The van der Waals surface area contributed by atoms with E-state index in [0.717, 1.165) is 28.7 Å². The fourth-order valence-corrected chi connectivity index (χ4v) is 4.10. The number of halogens is 1. The van der Waals surface area contributed by atoms with Gasteiger partial charge in [-0.05, 0) is 43.7 Å². The molecule has 8 nitrogen and oxygen atoms in total. The molecular formula is C24H23FN6O2. The Hall–Kier alpha value is -3.85. The molecule has 0 spiro atoms. The third kappa shape index (κ3) is 4.03. The second-order valence-electron chi connectivity index (χ2n) is 8.25. The molecule has 168 valence electrons. The van der Waals surface area contributed by atoms with Gasteiger partial charge in [-0.3, -0.25) is 9.78 Å². The van der Waals surface area contributed by atoms with Crippen molar-refractivity contribution in [2.75, 3.05) is 11.4 Å². The Balaban J connectivity index is 1.44. The Bertz CT molecular complexity index is 1350. The zero-order valence-corrected chi connectivity index (χ0v) is 18.3. The van der Waals surface area contributed by atoms with E-state index in [1.165, 1.54) is 6.07 Å². The molecule has 1 amide bonds. The number of hydrogen-bond donors (Lipinski definition) is 1. The highest BCUT2D eigenvalue weighted by molar-refractivity contribution is 5.97. The maximum absolute atomic E-state index is 13.5. The number of aromatic nitrogens is 4. The molecule has 2 atom stereocenters. The molecule has 0 radical (unpaired) electrons. The van der Waals surface area contributed by atoms with Crippen LogP contribution in [0.4, 0.5) is 10.1 Å². The predicted octanol–water partition coefficient (Wildman–Crippen LogP) is 3.44. The zero-order valence-electron chi connectivity index (χ0n) is 18.3. The van der Waals surface area contributed by atoms with Gasteiger partial charge in [-0.25, -0.2) is 13.9 Å².